The molecule has 0 radical (unpaired) electrons. The quantitative estimate of drug-likeness (QED) is 0.210. The lowest BCUT2D eigenvalue weighted by molar-refractivity contribution is 0.714. The Bertz CT molecular complexity index is 1640. The highest BCUT2D eigenvalue weighted by Crippen LogP contribution is 2.45. The van der Waals surface area contributed by atoms with Gasteiger partial charge in [-0.25, -0.2) is 0 Å². The first-order valence-corrected chi connectivity index (χ1v) is 12.6. The van der Waals surface area contributed by atoms with Crippen LogP contribution in [-0.2, 0) is 13.6 Å². The molecular formula is C34H30N2. The average molecular weight is 467 g/mol. The van der Waals surface area contributed by atoms with E-state index in [4.69, 9.17) is 0 Å². The number of rotatable bonds is 7. The molecule has 0 saturated carbocycles. The van der Waals surface area contributed by atoms with E-state index in [1.165, 1.54) is 44.1 Å². The summed E-state index contributed by atoms with van der Waals surface area (Å²) in [5.74, 6) is 0.255. The van der Waals surface area contributed by atoms with Crippen LogP contribution >= 0.6 is 0 Å². The van der Waals surface area contributed by atoms with Gasteiger partial charge in [0.2, 0.25) is 0 Å². The van der Waals surface area contributed by atoms with Crippen molar-refractivity contribution < 1.29 is 0 Å². The van der Waals surface area contributed by atoms with Gasteiger partial charge in [-0.05, 0) is 34.4 Å². The van der Waals surface area contributed by atoms with Gasteiger partial charge in [0.1, 0.15) is 0 Å². The van der Waals surface area contributed by atoms with Gasteiger partial charge in [-0.3, -0.25) is 0 Å². The van der Waals surface area contributed by atoms with Gasteiger partial charge in [0.25, 0.3) is 0 Å². The van der Waals surface area contributed by atoms with E-state index in [0.717, 1.165) is 6.54 Å². The zero-order valence-corrected chi connectivity index (χ0v) is 20.6. The molecule has 6 rings (SSSR count). The summed E-state index contributed by atoms with van der Waals surface area (Å²) in [4.78, 5) is 0. The third-order valence-corrected chi connectivity index (χ3v) is 7.41. The molecule has 2 unspecified atom stereocenters. The highest BCUT2D eigenvalue weighted by molar-refractivity contribution is 5.89. The standard InChI is InChI=1S/C34H30N2/c1-3-27(26-16-8-5-9-17-26)34(30-23-35(2)32-20-12-10-18-28(30)32)31-24-36(22-25-14-6-4-7-15-25)33-21-13-11-19-29(31)33/h3-21,23-24,27,34H,1,22H2,2H3. The number of hydrogen-bond acceptors (Lipinski definition) is 0. The Balaban J connectivity index is 1.61. The summed E-state index contributed by atoms with van der Waals surface area (Å²) < 4.78 is 4.66. The lowest BCUT2D eigenvalue weighted by Crippen LogP contribution is -2.11. The SMILES string of the molecule is C=CC(c1ccccc1)C(c1cn(C)c2ccccc12)c1cn(Cc2ccccc2)c2ccccc12. The van der Waals surface area contributed by atoms with Crippen LogP contribution in [0.1, 0.15) is 34.1 Å². The summed E-state index contributed by atoms with van der Waals surface area (Å²) in [5.41, 5.74) is 7.77. The van der Waals surface area contributed by atoms with E-state index in [2.05, 4.69) is 150 Å². The van der Waals surface area contributed by atoms with Crippen LogP contribution in [0, 0.1) is 0 Å². The third kappa shape index (κ3) is 3.85. The van der Waals surface area contributed by atoms with E-state index in [1.54, 1.807) is 0 Å². The first kappa shape index (κ1) is 22.2. The predicted octanol–water partition coefficient (Wildman–Crippen LogP) is 8.28. The van der Waals surface area contributed by atoms with Crippen LogP contribution < -0.4 is 0 Å². The molecule has 6 aromatic rings. The number of aromatic nitrogens is 2. The number of allylic oxidation sites excluding steroid dienone is 1. The molecule has 2 heterocycles. The Morgan fingerprint density at radius 3 is 1.92 bits per heavy atom. The molecule has 0 aliphatic carbocycles. The molecule has 2 nitrogen and oxygen atoms in total. The number of para-hydroxylation sites is 2. The Hall–Kier alpha value is -4.30. The van der Waals surface area contributed by atoms with Crippen molar-refractivity contribution in [2.24, 2.45) is 7.05 Å². The van der Waals surface area contributed by atoms with E-state index in [1.807, 2.05) is 0 Å². The van der Waals surface area contributed by atoms with Crippen LogP contribution in [0.3, 0.4) is 0 Å². The molecule has 0 saturated heterocycles. The molecule has 2 aromatic heterocycles. The van der Waals surface area contributed by atoms with Crippen LogP contribution in [0.5, 0.6) is 0 Å². The normalized spacial score (nSPS) is 13.1. The first-order valence-electron chi connectivity index (χ1n) is 12.6. The van der Waals surface area contributed by atoms with E-state index < -0.39 is 0 Å². The van der Waals surface area contributed by atoms with E-state index in [-0.39, 0.29) is 11.8 Å². The Morgan fingerprint density at radius 2 is 1.22 bits per heavy atom. The summed E-state index contributed by atoms with van der Waals surface area (Å²) in [7, 11) is 2.15. The highest BCUT2D eigenvalue weighted by Gasteiger charge is 2.30. The number of fused-ring (bicyclic) bond motifs is 2. The molecule has 0 aliphatic heterocycles. The maximum Gasteiger partial charge on any atom is 0.0486 e. The zero-order valence-electron chi connectivity index (χ0n) is 20.6. The van der Waals surface area contributed by atoms with E-state index in [0.29, 0.717) is 0 Å². The summed E-state index contributed by atoms with van der Waals surface area (Å²) in [5, 5.41) is 2.60. The molecule has 2 atom stereocenters. The minimum absolute atomic E-state index is 0.123. The van der Waals surface area contributed by atoms with Gasteiger partial charge in [-0.2, -0.15) is 0 Å². The summed E-state index contributed by atoms with van der Waals surface area (Å²) in [6.45, 7) is 5.18. The molecule has 176 valence electrons. The van der Waals surface area contributed by atoms with Crippen molar-refractivity contribution in [2.45, 2.75) is 18.4 Å². The first-order chi connectivity index (χ1) is 17.7. The molecule has 36 heavy (non-hydrogen) atoms. The second kappa shape index (κ2) is 9.39. The maximum absolute atomic E-state index is 4.34. The van der Waals surface area contributed by atoms with Crippen molar-refractivity contribution in [3.63, 3.8) is 0 Å². The second-order valence-electron chi connectivity index (χ2n) is 9.58. The molecule has 0 bridgehead atoms. The van der Waals surface area contributed by atoms with Crippen LogP contribution in [0.25, 0.3) is 21.8 Å². The smallest absolute Gasteiger partial charge is 0.0486 e. The van der Waals surface area contributed by atoms with Gasteiger partial charge in [0, 0.05) is 59.6 Å². The van der Waals surface area contributed by atoms with Crippen molar-refractivity contribution >= 4 is 21.8 Å². The number of nitrogens with zero attached hydrogens (tertiary/aromatic N) is 2. The van der Waals surface area contributed by atoms with Crippen molar-refractivity contribution in [3.8, 4) is 0 Å². The van der Waals surface area contributed by atoms with Crippen molar-refractivity contribution in [1.82, 2.24) is 9.13 Å². The fraction of sp³-hybridized carbons (Fsp3) is 0.118. The lowest BCUT2D eigenvalue weighted by atomic mass is 9.77. The minimum atomic E-state index is 0.123. The van der Waals surface area contributed by atoms with Crippen LogP contribution in [0.15, 0.2) is 134 Å². The van der Waals surface area contributed by atoms with Crippen molar-refractivity contribution in [3.05, 3.63) is 156 Å². The van der Waals surface area contributed by atoms with Crippen LogP contribution in [-0.4, -0.2) is 9.13 Å². The van der Waals surface area contributed by atoms with Crippen LogP contribution in [0.4, 0.5) is 0 Å². The number of hydrogen-bond donors (Lipinski definition) is 0. The highest BCUT2D eigenvalue weighted by atomic mass is 15.0. The monoisotopic (exact) mass is 466 g/mol. The summed E-state index contributed by atoms with van der Waals surface area (Å²) in [6.07, 6.45) is 6.83. The Morgan fingerprint density at radius 1 is 0.667 bits per heavy atom. The molecule has 0 N–H and O–H groups in total. The summed E-state index contributed by atoms with van der Waals surface area (Å²) >= 11 is 0. The lowest BCUT2D eigenvalue weighted by Gasteiger charge is -2.25. The molecule has 0 amide bonds. The van der Waals surface area contributed by atoms with Gasteiger partial charge >= 0.3 is 0 Å². The molecule has 4 aromatic carbocycles. The largest absolute Gasteiger partial charge is 0.350 e. The molecular weight excluding hydrogens is 436 g/mol. The molecule has 0 spiro atoms. The molecule has 0 aliphatic rings. The van der Waals surface area contributed by atoms with Gasteiger partial charge in [-0.1, -0.05) is 103 Å². The predicted molar refractivity (Wildman–Crippen MR) is 152 cm³/mol. The third-order valence-electron chi connectivity index (χ3n) is 7.41. The Kier molecular flexibility index (Phi) is 5.79. The van der Waals surface area contributed by atoms with E-state index >= 15 is 0 Å². The number of aryl methyl sites for hydroxylation is 1. The maximum atomic E-state index is 4.34. The van der Waals surface area contributed by atoms with Gasteiger partial charge in [0.15, 0.2) is 0 Å². The fourth-order valence-corrected chi connectivity index (χ4v) is 5.75. The van der Waals surface area contributed by atoms with Gasteiger partial charge in [-0.15, -0.1) is 6.58 Å². The van der Waals surface area contributed by atoms with Gasteiger partial charge < -0.3 is 9.13 Å². The summed E-state index contributed by atoms with van der Waals surface area (Å²) in [6, 6.07) is 39.1. The topological polar surface area (TPSA) is 9.86 Å². The van der Waals surface area contributed by atoms with Crippen molar-refractivity contribution in [1.29, 1.82) is 0 Å². The zero-order chi connectivity index (χ0) is 24.5. The second-order valence-corrected chi connectivity index (χ2v) is 9.58. The van der Waals surface area contributed by atoms with E-state index in [9.17, 15) is 0 Å². The average Bonchev–Trinajstić information content (AvgIpc) is 3.46. The van der Waals surface area contributed by atoms with Gasteiger partial charge in [0.05, 0.1) is 0 Å². The molecule has 2 heteroatoms. The van der Waals surface area contributed by atoms with Crippen molar-refractivity contribution in [2.75, 3.05) is 0 Å². The van der Waals surface area contributed by atoms with Crippen LogP contribution in [0.2, 0.25) is 0 Å². The fourth-order valence-electron chi connectivity index (χ4n) is 5.75. The Labute approximate surface area is 212 Å². The molecule has 0 fully saturated rings. The minimum Gasteiger partial charge on any atom is -0.350 e. The number of benzene rings is 4.